The van der Waals surface area contributed by atoms with Crippen LogP contribution in [0.3, 0.4) is 0 Å². The molecule has 0 unspecified atom stereocenters. The molecule has 1 fully saturated rings. The van der Waals surface area contributed by atoms with Gasteiger partial charge in [-0.25, -0.2) is 9.48 Å². The number of rotatable bonds is 3. The van der Waals surface area contributed by atoms with Crippen LogP contribution in [0.25, 0.3) is 0 Å². The molecule has 9 heteroatoms. The maximum absolute atomic E-state index is 13.1. The summed E-state index contributed by atoms with van der Waals surface area (Å²) in [5, 5.41) is 11.5. The van der Waals surface area contributed by atoms with Gasteiger partial charge >= 0.3 is 6.03 Å². The number of anilines is 2. The number of urea groups is 1. The Labute approximate surface area is 179 Å². The molecule has 2 aliphatic rings. The van der Waals surface area contributed by atoms with Crippen molar-refractivity contribution in [3.63, 3.8) is 0 Å². The van der Waals surface area contributed by atoms with Crippen LogP contribution in [-0.2, 0) is 16.9 Å². The first-order chi connectivity index (χ1) is 15.0. The van der Waals surface area contributed by atoms with Crippen molar-refractivity contribution in [1.29, 1.82) is 0 Å². The van der Waals surface area contributed by atoms with Crippen LogP contribution in [0.5, 0.6) is 0 Å². The minimum absolute atomic E-state index is 0.0378. The zero-order valence-electron chi connectivity index (χ0n) is 17.3. The van der Waals surface area contributed by atoms with E-state index in [1.165, 1.54) is 0 Å². The molecule has 1 N–H and O–H groups in total. The van der Waals surface area contributed by atoms with E-state index in [0.717, 1.165) is 11.5 Å². The minimum atomic E-state index is -0.407. The number of para-hydroxylation sites is 1. The monoisotopic (exact) mass is 420 g/mol. The maximum Gasteiger partial charge on any atom is 0.321 e. The van der Waals surface area contributed by atoms with Crippen LogP contribution in [0.2, 0.25) is 0 Å². The second-order valence-corrected chi connectivity index (χ2v) is 8.19. The quantitative estimate of drug-likeness (QED) is 0.702. The van der Waals surface area contributed by atoms with Crippen molar-refractivity contribution in [1.82, 2.24) is 19.8 Å². The molecule has 0 bridgehead atoms. The van der Waals surface area contributed by atoms with E-state index in [4.69, 9.17) is 4.52 Å². The number of piperidine rings is 1. The number of hydrogen-bond donors (Lipinski definition) is 1. The predicted octanol–water partition coefficient (Wildman–Crippen LogP) is 3.14. The summed E-state index contributed by atoms with van der Waals surface area (Å²) >= 11 is 0. The van der Waals surface area contributed by atoms with Gasteiger partial charge in [0.15, 0.2) is 0 Å². The fraction of sp³-hybridized carbons (Fsp3) is 0.364. The van der Waals surface area contributed by atoms with E-state index in [0.29, 0.717) is 50.4 Å². The second-order valence-electron chi connectivity index (χ2n) is 8.19. The van der Waals surface area contributed by atoms with E-state index in [2.05, 4.69) is 15.6 Å². The first-order valence-electron chi connectivity index (χ1n) is 10.4. The maximum atomic E-state index is 13.1. The van der Waals surface area contributed by atoms with Crippen molar-refractivity contribution in [3.8, 4) is 0 Å². The molecule has 3 aromatic rings. The molecule has 160 valence electrons. The summed E-state index contributed by atoms with van der Waals surface area (Å²) in [7, 11) is 0. The minimum Gasteiger partial charge on any atom is -0.361 e. The third-order valence-corrected chi connectivity index (χ3v) is 6.13. The lowest BCUT2D eigenvalue weighted by molar-refractivity contribution is -0.123. The van der Waals surface area contributed by atoms with Crippen LogP contribution in [-0.4, -0.2) is 44.9 Å². The fourth-order valence-corrected chi connectivity index (χ4v) is 4.51. The Hall–Kier alpha value is -3.62. The molecule has 1 spiro atoms. The van der Waals surface area contributed by atoms with Gasteiger partial charge in [-0.15, -0.1) is 0 Å². The topological polar surface area (TPSA) is 96.5 Å². The lowest BCUT2D eigenvalue weighted by atomic mass is 9.82. The van der Waals surface area contributed by atoms with Gasteiger partial charge in [-0.1, -0.05) is 23.4 Å². The molecule has 0 saturated carbocycles. The summed E-state index contributed by atoms with van der Waals surface area (Å²) in [6.45, 7) is 3.31. The van der Waals surface area contributed by atoms with Crippen molar-refractivity contribution in [3.05, 3.63) is 60.1 Å². The van der Waals surface area contributed by atoms with Gasteiger partial charge in [-0.3, -0.25) is 9.69 Å². The van der Waals surface area contributed by atoms with Crippen LogP contribution >= 0.6 is 0 Å². The molecule has 0 aliphatic carbocycles. The van der Waals surface area contributed by atoms with E-state index in [9.17, 15) is 9.59 Å². The second kappa shape index (κ2) is 7.57. The van der Waals surface area contributed by atoms with Crippen LogP contribution in [0.4, 0.5) is 16.3 Å². The van der Waals surface area contributed by atoms with Crippen LogP contribution in [0.15, 0.2) is 53.2 Å². The van der Waals surface area contributed by atoms with Gasteiger partial charge in [-0.05, 0) is 31.9 Å². The molecule has 9 nitrogen and oxygen atoms in total. The highest BCUT2D eigenvalue weighted by atomic mass is 16.5. The largest absolute Gasteiger partial charge is 0.361 e. The Morgan fingerprint density at radius 1 is 1.19 bits per heavy atom. The van der Waals surface area contributed by atoms with Gasteiger partial charge in [0.05, 0.1) is 24.7 Å². The normalized spacial score (nSPS) is 17.6. The summed E-state index contributed by atoms with van der Waals surface area (Å²) in [4.78, 5) is 29.3. The van der Waals surface area contributed by atoms with Gasteiger partial charge in [-0.2, -0.15) is 5.10 Å². The molecular formula is C22H24N6O3. The van der Waals surface area contributed by atoms with Crippen molar-refractivity contribution in [2.45, 2.75) is 38.3 Å². The molecule has 4 heterocycles. The Morgan fingerprint density at radius 3 is 2.68 bits per heavy atom. The van der Waals surface area contributed by atoms with Crippen LogP contribution in [0.1, 0.15) is 30.7 Å². The van der Waals surface area contributed by atoms with Gasteiger partial charge in [0, 0.05) is 30.9 Å². The van der Waals surface area contributed by atoms with E-state index < -0.39 is 5.54 Å². The number of likely N-dealkylation sites (tertiary alicyclic amines) is 1. The molecule has 1 saturated heterocycles. The van der Waals surface area contributed by atoms with Crippen LogP contribution < -0.4 is 10.2 Å². The highest BCUT2D eigenvalue weighted by molar-refractivity contribution is 5.94. The average Bonchev–Trinajstić information content (AvgIpc) is 3.42. The highest BCUT2D eigenvalue weighted by Gasteiger charge is 2.46. The SMILES string of the molecule is Cc1cc(CN2C(=O)CC3(CCN(C(=O)Nc4ccccc4)CC3)n3nccc32)no1. The molecule has 2 aliphatic heterocycles. The highest BCUT2D eigenvalue weighted by Crippen LogP contribution is 2.41. The molecule has 0 atom stereocenters. The molecular weight excluding hydrogens is 396 g/mol. The zero-order chi connectivity index (χ0) is 21.4. The Balaban J connectivity index is 1.31. The van der Waals surface area contributed by atoms with Gasteiger partial charge < -0.3 is 14.7 Å². The summed E-state index contributed by atoms with van der Waals surface area (Å²) in [5.74, 6) is 1.51. The van der Waals surface area contributed by atoms with Crippen LogP contribution in [0, 0.1) is 6.92 Å². The van der Waals surface area contributed by atoms with Crippen molar-refractivity contribution in [2.24, 2.45) is 0 Å². The molecule has 2 aromatic heterocycles. The first-order valence-corrected chi connectivity index (χ1v) is 10.4. The Kier molecular flexibility index (Phi) is 4.72. The third kappa shape index (κ3) is 3.56. The molecule has 0 radical (unpaired) electrons. The molecule has 1 aromatic carbocycles. The number of carbonyl (C=O) groups excluding carboxylic acids is 2. The number of nitrogens with zero attached hydrogens (tertiary/aromatic N) is 5. The molecule has 31 heavy (non-hydrogen) atoms. The van der Waals surface area contributed by atoms with Gasteiger partial charge in [0.2, 0.25) is 5.91 Å². The lowest BCUT2D eigenvalue weighted by Gasteiger charge is -2.46. The smallest absolute Gasteiger partial charge is 0.321 e. The number of aromatic nitrogens is 3. The lowest BCUT2D eigenvalue weighted by Crippen LogP contribution is -2.55. The molecule has 5 rings (SSSR count). The van der Waals surface area contributed by atoms with E-state index >= 15 is 0 Å². The van der Waals surface area contributed by atoms with Gasteiger partial charge in [0.25, 0.3) is 0 Å². The number of hydrogen-bond acceptors (Lipinski definition) is 5. The number of benzene rings is 1. The van der Waals surface area contributed by atoms with E-state index in [-0.39, 0.29) is 11.9 Å². The van der Waals surface area contributed by atoms with Gasteiger partial charge in [0.1, 0.15) is 17.3 Å². The van der Waals surface area contributed by atoms with Crippen molar-refractivity contribution < 1.29 is 14.1 Å². The molecule has 3 amide bonds. The standard InChI is InChI=1S/C22H24N6O3/c1-16-13-18(25-31-16)15-27-19-7-10-23-28(19)22(14-20(27)29)8-11-26(12-9-22)21(30)24-17-5-3-2-4-6-17/h2-7,10,13H,8-9,11-12,14-15H2,1H3,(H,24,30). The summed E-state index contributed by atoms with van der Waals surface area (Å²) in [6, 6.07) is 13.0. The van der Waals surface area contributed by atoms with Crippen molar-refractivity contribution >= 4 is 23.4 Å². The Bertz CT molecular complexity index is 1100. The predicted molar refractivity (Wildman–Crippen MR) is 114 cm³/mol. The van der Waals surface area contributed by atoms with E-state index in [1.54, 1.807) is 16.0 Å². The number of fused-ring (bicyclic) bond motifs is 2. The van der Waals surface area contributed by atoms with E-state index in [1.807, 2.05) is 54.1 Å². The summed E-state index contributed by atoms with van der Waals surface area (Å²) in [6.07, 6.45) is 3.43. The zero-order valence-corrected chi connectivity index (χ0v) is 17.3. The number of nitrogens with one attached hydrogen (secondary N) is 1. The number of amides is 3. The Morgan fingerprint density at radius 2 is 1.97 bits per heavy atom. The number of carbonyl (C=O) groups is 2. The van der Waals surface area contributed by atoms with Crippen molar-refractivity contribution in [2.75, 3.05) is 23.3 Å². The average molecular weight is 420 g/mol. The number of aryl methyl sites for hydroxylation is 1. The summed E-state index contributed by atoms with van der Waals surface area (Å²) in [5.41, 5.74) is 1.08. The summed E-state index contributed by atoms with van der Waals surface area (Å²) < 4.78 is 7.11. The first kappa shape index (κ1) is 19.3. The fourth-order valence-electron chi connectivity index (χ4n) is 4.51. The third-order valence-electron chi connectivity index (χ3n) is 6.13.